The Hall–Kier alpha value is -6.31. The van der Waals surface area contributed by atoms with Gasteiger partial charge in [-0.15, -0.1) is 0 Å². The summed E-state index contributed by atoms with van der Waals surface area (Å²) in [5.41, 5.74) is 7.86. The zero-order chi connectivity index (χ0) is 32.9. The first-order valence-electron chi connectivity index (χ1n) is 15.6. The van der Waals surface area contributed by atoms with Crippen LogP contribution in [0.15, 0.2) is 146 Å². The molecule has 240 valence electrons. The van der Waals surface area contributed by atoms with Crippen LogP contribution in [-0.4, -0.2) is 39.9 Å². The van der Waals surface area contributed by atoms with E-state index >= 15 is 0 Å². The Morgan fingerprint density at radius 2 is 0.633 bits per heavy atom. The first-order chi connectivity index (χ1) is 24.2. The Balaban J connectivity index is 0.000000142. The summed E-state index contributed by atoms with van der Waals surface area (Å²) in [6.45, 7) is 0. The molecule has 2 aliphatic heterocycles. The van der Waals surface area contributed by atoms with Crippen LogP contribution in [0.1, 0.15) is 22.8 Å². The molecule has 8 nitrogen and oxygen atoms in total. The minimum absolute atomic E-state index is 0.933. The fraction of sp³-hybridized carbons (Fsp3) is 0. The number of nitrogens with one attached hydrogen (secondary N) is 2. The first-order valence-corrected chi connectivity index (χ1v) is 17.5. The number of hydrogen-bond acceptors (Lipinski definition) is 6. The molecule has 9 heterocycles. The van der Waals surface area contributed by atoms with E-state index in [4.69, 9.17) is 19.9 Å². The zero-order valence-electron chi connectivity index (χ0n) is 26.2. The van der Waals surface area contributed by atoms with Gasteiger partial charge in [0, 0.05) is 22.1 Å². The number of nitrogens with zero attached hydrogens (tertiary/aromatic N) is 6. The van der Waals surface area contributed by atoms with E-state index in [1.165, 1.54) is 0 Å². The molecule has 7 aromatic heterocycles. The van der Waals surface area contributed by atoms with Crippen LogP contribution in [0.4, 0.5) is 0 Å². The van der Waals surface area contributed by atoms with Crippen LogP contribution in [-0.2, 0) is 12.4 Å². The monoisotopic (exact) mass is 680 g/mol. The molecule has 2 aliphatic rings. The van der Waals surface area contributed by atoms with E-state index in [2.05, 4.69) is 44.2 Å². The molecular weight excluding hydrogens is 651 g/mol. The van der Waals surface area contributed by atoms with Crippen molar-refractivity contribution in [2.75, 3.05) is 0 Å². The number of aromatic nitrogens is 8. The summed E-state index contributed by atoms with van der Waals surface area (Å²) in [4.78, 5) is 34.8. The average molecular weight is 681 g/mol. The third kappa shape index (κ3) is 6.35. The first kappa shape index (κ1) is 30.1. The van der Waals surface area contributed by atoms with Crippen LogP contribution < -0.4 is 18.7 Å². The van der Waals surface area contributed by atoms with Gasteiger partial charge >= 0.3 is 149 Å². The summed E-state index contributed by atoms with van der Waals surface area (Å²) in [6.07, 6.45) is 15.3. The van der Waals surface area contributed by atoms with Gasteiger partial charge in [0.25, 0.3) is 0 Å². The molecule has 2 N–H and O–H groups in total. The molecule has 9 heteroatoms. The number of H-pyrrole nitrogens is 2. The molecule has 7 aromatic rings. The summed E-state index contributed by atoms with van der Waals surface area (Å²) in [6, 6.07) is 40.2. The molecule has 0 saturated heterocycles. The molecule has 0 aromatic carbocycles. The predicted molar refractivity (Wildman–Crippen MR) is 194 cm³/mol. The molecule has 0 amide bonds. The summed E-state index contributed by atoms with van der Waals surface area (Å²) >= 11 is -2.10. The van der Waals surface area contributed by atoms with Gasteiger partial charge in [0.1, 0.15) is 0 Å². The number of aromatic amines is 2. The molecule has 8 bridgehead atoms. The van der Waals surface area contributed by atoms with Gasteiger partial charge < -0.3 is 9.97 Å². The van der Waals surface area contributed by atoms with E-state index in [0.717, 1.165) is 63.5 Å². The van der Waals surface area contributed by atoms with Gasteiger partial charge in [0.2, 0.25) is 0 Å². The summed E-state index contributed by atoms with van der Waals surface area (Å²) in [5.74, 6) is 0. The van der Waals surface area contributed by atoms with Crippen LogP contribution in [0, 0.1) is 0 Å². The Bertz CT molecular complexity index is 2100. The van der Waals surface area contributed by atoms with Crippen LogP contribution in [0.25, 0.3) is 46.4 Å². The summed E-state index contributed by atoms with van der Waals surface area (Å²) < 4.78 is 3.73. The van der Waals surface area contributed by atoms with Crippen molar-refractivity contribution in [2.45, 2.75) is 0 Å². The standard InChI is InChI=1S/C20H14N4.4C5H4N.Ni/c1-2-14-10-16-5-6-18(23-16)12-20-8-7-19(24-20)11-17-4-3-15(22-17)9-13(1)21-14;4*1-2-4-6-5-3-1;/h1-12,21,24H;4*1-4H;. The minimum atomic E-state index is -2.10. The van der Waals surface area contributed by atoms with E-state index in [-0.39, 0.29) is 0 Å². The van der Waals surface area contributed by atoms with Crippen molar-refractivity contribution in [3.63, 3.8) is 0 Å². The maximum absolute atomic E-state index is 4.70. The van der Waals surface area contributed by atoms with Crippen LogP contribution in [0.2, 0.25) is 0 Å². The van der Waals surface area contributed by atoms with Crippen molar-refractivity contribution in [3.05, 3.63) is 169 Å². The second kappa shape index (κ2) is 13.4. The molecule has 0 aliphatic carbocycles. The van der Waals surface area contributed by atoms with Gasteiger partial charge in [0.05, 0.1) is 22.8 Å². The van der Waals surface area contributed by atoms with E-state index in [0.29, 0.717) is 0 Å². The molecule has 0 atom stereocenters. The normalized spacial score (nSPS) is 12.2. The van der Waals surface area contributed by atoms with E-state index in [1.54, 1.807) is 0 Å². The predicted octanol–water partition coefficient (Wildman–Crippen LogP) is 5.68. The Kier molecular flexibility index (Phi) is 8.24. The zero-order valence-corrected chi connectivity index (χ0v) is 27.2. The number of hydrogen-bond donors (Lipinski definition) is 2. The van der Waals surface area contributed by atoms with Gasteiger partial charge in [-0.3, -0.25) is 0 Å². The van der Waals surface area contributed by atoms with Crippen molar-refractivity contribution in [2.24, 2.45) is 0 Å². The Morgan fingerprint density at radius 1 is 0.347 bits per heavy atom. The quantitative estimate of drug-likeness (QED) is 0.232. The number of pyridine rings is 4. The van der Waals surface area contributed by atoms with Crippen molar-refractivity contribution < 1.29 is 12.4 Å². The van der Waals surface area contributed by atoms with E-state index < -0.39 is 12.4 Å². The molecule has 0 fully saturated rings. The molecule has 49 heavy (non-hydrogen) atoms. The third-order valence-electron chi connectivity index (χ3n) is 7.46. The Morgan fingerprint density at radius 3 is 0.878 bits per heavy atom. The van der Waals surface area contributed by atoms with Crippen LogP contribution in [0.3, 0.4) is 0 Å². The van der Waals surface area contributed by atoms with Crippen molar-refractivity contribution >= 4 is 65.0 Å². The maximum atomic E-state index is 4.70. The fourth-order valence-corrected chi connectivity index (χ4v) is 9.31. The van der Waals surface area contributed by atoms with Gasteiger partial charge in [-0.05, 0) is 72.8 Å². The third-order valence-corrected chi connectivity index (χ3v) is 11.7. The van der Waals surface area contributed by atoms with Gasteiger partial charge in [-0.25, -0.2) is 9.97 Å². The van der Waals surface area contributed by atoms with Crippen LogP contribution in [0.5, 0.6) is 0 Å². The molecule has 0 radical (unpaired) electrons. The van der Waals surface area contributed by atoms with Gasteiger partial charge in [-0.2, -0.15) is 0 Å². The van der Waals surface area contributed by atoms with Gasteiger partial charge in [-0.1, -0.05) is 0 Å². The molecule has 0 unspecified atom stereocenters. The van der Waals surface area contributed by atoms with E-state index in [1.807, 2.05) is 146 Å². The second-order valence-electron chi connectivity index (χ2n) is 10.9. The number of rotatable bonds is 4. The summed E-state index contributed by atoms with van der Waals surface area (Å²) in [7, 11) is 0. The fourth-order valence-electron chi connectivity index (χ4n) is 5.33. The van der Waals surface area contributed by atoms with Crippen molar-refractivity contribution in [3.8, 4) is 0 Å². The molecule has 0 spiro atoms. The van der Waals surface area contributed by atoms with E-state index in [9.17, 15) is 0 Å². The molecular formula is C40H30N8Ni. The van der Waals surface area contributed by atoms with Crippen molar-refractivity contribution in [1.82, 2.24) is 39.9 Å². The molecule has 9 rings (SSSR count). The summed E-state index contributed by atoms with van der Waals surface area (Å²) in [5, 5.41) is 0. The van der Waals surface area contributed by atoms with Crippen LogP contribution >= 0.6 is 0 Å². The number of fused-ring (bicyclic) bond motifs is 8. The average Bonchev–Trinajstić information content (AvgIpc) is 3.98. The SMILES string of the molecule is C1=Cc2cc3ccc(cc4nc(cc5ccc(cc1n2)[nH]5)C=C4)[nH]3.c1cc[c]([Ni]([c]2ccccn2)([c]2ccccn2)[c]2ccccn2)nc1. The van der Waals surface area contributed by atoms with Gasteiger partial charge in [0.15, 0.2) is 0 Å². The Labute approximate surface area is 285 Å². The second-order valence-corrected chi connectivity index (χ2v) is 14.4. The topological polar surface area (TPSA) is 109 Å². The van der Waals surface area contributed by atoms with Crippen molar-refractivity contribution in [1.29, 1.82) is 0 Å². The molecule has 0 saturated carbocycles.